The van der Waals surface area contributed by atoms with Crippen LogP contribution in [0.5, 0.6) is 5.75 Å². The van der Waals surface area contributed by atoms with Gasteiger partial charge in [0, 0.05) is 30.7 Å². The first kappa shape index (κ1) is 14.9. The van der Waals surface area contributed by atoms with Crippen LogP contribution in [0.2, 0.25) is 0 Å². The summed E-state index contributed by atoms with van der Waals surface area (Å²) in [5.74, 6) is 0.352. The fourth-order valence-electron chi connectivity index (χ4n) is 3.62. The summed E-state index contributed by atoms with van der Waals surface area (Å²) in [6.45, 7) is 5.90. The topological polar surface area (TPSA) is 35.5 Å². The van der Waals surface area contributed by atoms with Crippen molar-refractivity contribution in [2.24, 2.45) is 0 Å². The standard InChI is InChI=1S/C18H28N2O/c1-13(3-4-15-5-9-18(21)10-6-15)19-16-11-14(2)20(12-16)17-7-8-17/h5-6,9-10,13-14,16-17,19,21H,3-4,7-8,11-12H2,1-2H3. The van der Waals surface area contributed by atoms with E-state index in [0.717, 1.165) is 24.9 Å². The quantitative estimate of drug-likeness (QED) is 0.845. The minimum Gasteiger partial charge on any atom is -0.508 e. The van der Waals surface area contributed by atoms with Gasteiger partial charge in [-0.25, -0.2) is 0 Å². The molecule has 3 heteroatoms. The van der Waals surface area contributed by atoms with Crippen molar-refractivity contribution in [3.8, 4) is 5.75 Å². The van der Waals surface area contributed by atoms with E-state index >= 15 is 0 Å². The monoisotopic (exact) mass is 288 g/mol. The number of nitrogens with one attached hydrogen (secondary N) is 1. The lowest BCUT2D eigenvalue weighted by atomic mass is 10.0. The van der Waals surface area contributed by atoms with Gasteiger partial charge < -0.3 is 10.4 Å². The Morgan fingerprint density at radius 2 is 2.00 bits per heavy atom. The zero-order valence-electron chi connectivity index (χ0n) is 13.3. The number of likely N-dealkylation sites (tertiary alicyclic amines) is 1. The fraction of sp³-hybridized carbons (Fsp3) is 0.667. The number of phenolic OH excluding ortho intramolecular Hbond substituents is 1. The number of benzene rings is 1. The van der Waals surface area contributed by atoms with Gasteiger partial charge in [-0.1, -0.05) is 12.1 Å². The summed E-state index contributed by atoms with van der Waals surface area (Å²) in [6, 6.07) is 10.5. The Labute approximate surface area is 128 Å². The van der Waals surface area contributed by atoms with Crippen LogP contribution in [-0.2, 0) is 6.42 Å². The molecule has 1 saturated heterocycles. The van der Waals surface area contributed by atoms with Crippen LogP contribution in [0, 0.1) is 0 Å². The largest absolute Gasteiger partial charge is 0.508 e. The number of nitrogens with zero attached hydrogens (tertiary/aromatic N) is 1. The van der Waals surface area contributed by atoms with Gasteiger partial charge in [0.05, 0.1) is 0 Å². The Hall–Kier alpha value is -1.06. The molecule has 21 heavy (non-hydrogen) atoms. The second-order valence-electron chi connectivity index (χ2n) is 6.98. The van der Waals surface area contributed by atoms with Gasteiger partial charge in [-0.05, 0) is 63.6 Å². The minimum atomic E-state index is 0.352. The molecule has 0 radical (unpaired) electrons. The highest BCUT2D eigenvalue weighted by molar-refractivity contribution is 5.25. The van der Waals surface area contributed by atoms with E-state index in [1.807, 2.05) is 12.1 Å². The summed E-state index contributed by atoms with van der Waals surface area (Å²) in [5.41, 5.74) is 1.31. The minimum absolute atomic E-state index is 0.352. The first-order chi connectivity index (χ1) is 10.1. The van der Waals surface area contributed by atoms with Crippen molar-refractivity contribution < 1.29 is 5.11 Å². The molecule has 2 N–H and O–H groups in total. The summed E-state index contributed by atoms with van der Waals surface area (Å²) >= 11 is 0. The molecule has 3 atom stereocenters. The Bertz CT molecular complexity index is 455. The predicted octanol–water partition coefficient (Wildman–Crippen LogP) is 2.93. The first-order valence-electron chi connectivity index (χ1n) is 8.41. The third-order valence-corrected chi connectivity index (χ3v) is 4.96. The van der Waals surface area contributed by atoms with Crippen molar-refractivity contribution in [2.75, 3.05) is 6.54 Å². The van der Waals surface area contributed by atoms with E-state index < -0.39 is 0 Å². The molecule has 3 nitrogen and oxygen atoms in total. The summed E-state index contributed by atoms with van der Waals surface area (Å²) in [4.78, 5) is 2.70. The second kappa shape index (κ2) is 6.37. The Balaban J connectivity index is 1.42. The molecule has 3 unspecified atom stereocenters. The molecule has 0 spiro atoms. The second-order valence-corrected chi connectivity index (χ2v) is 6.98. The lowest BCUT2D eigenvalue weighted by molar-refractivity contribution is 0.254. The van der Waals surface area contributed by atoms with E-state index in [2.05, 4.69) is 24.1 Å². The van der Waals surface area contributed by atoms with Crippen molar-refractivity contribution in [1.29, 1.82) is 0 Å². The van der Waals surface area contributed by atoms with Crippen molar-refractivity contribution >= 4 is 0 Å². The lowest BCUT2D eigenvalue weighted by Gasteiger charge is -2.21. The van der Waals surface area contributed by atoms with Crippen molar-refractivity contribution in [2.45, 2.75) is 70.1 Å². The summed E-state index contributed by atoms with van der Waals surface area (Å²) in [6.07, 6.45) is 6.34. The molecule has 1 aliphatic carbocycles. The van der Waals surface area contributed by atoms with Gasteiger partial charge in [0.15, 0.2) is 0 Å². The number of hydrogen-bond acceptors (Lipinski definition) is 3. The summed E-state index contributed by atoms with van der Waals surface area (Å²) in [7, 11) is 0. The summed E-state index contributed by atoms with van der Waals surface area (Å²) < 4.78 is 0. The van der Waals surface area contributed by atoms with Crippen LogP contribution in [0.15, 0.2) is 24.3 Å². The van der Waals surface area contributed by atoms with Crippen LogP contribution in [0.4, 0.5) is 0 Å². The molecule has 1 saturated carbocycles. The maximum absolute atomic E-state index is 9.31. The molecule has 2 fully saturated rings. The average molecular weight is 288 g/mol. The van der Waals surface area contributed by atoms with Crippen LogP contribution in [0.25, 0.3) is 0 Å². The molecule has 3 rings (SSSR count). The molecule has 116 valence electrons. The molecule has 1 aliphatic heterocycles. The van der Waals surface area contributed by atoms with E-state index in [1.54, 1.807) is 12.1 Å². The van der Waals surface area contributed by atoms with E-state index in [0.29, 0.717) is 17.8 Å². The highest BCUT2D eigenvalue weighted by Crippen LogP contribution is 2.33. The van der Waals surface area contributed by atoms with E-state index in [4.69, 9.17) is 0 Å². The molecule has 2 aliphatic rings. The van der Waals surface area contributed by atoms with Crippen LogP contribution in [0.1, 0.15) is 45.1 Å². The van der Waals surface area contributed by atoms with E-state index in [-0.39, 0.29) is 0 Å². The van der Waals surface area contributed by atoms with Crippen molar-refractivity contribution in [3.63, 3.8) is 0 Å². The fourth-order valence-corrected chi connectivity index (χ4v) is 3.62. The number of phenols is 1. The average Bonchev–Trinajstić information content (AvgIpc) is 3.23. The highest BCUT2D eigenvalue weighted by Gasteiger charge is 2.38. The molecule has 0 aromatic heterocycles. The zero-order valence-corrected chi connectivity index (χ0v) is 13.3. The Kier molecular flexibility index (Phi) is 4.51. The highest BCUT2D eigenvalue weighted by atomic mass is 16.3. The third-order valence-electron chi connectivity index (χ3n) is 4.96. The molecular weight excluding hydrogens is 260 g/mol. The summed E-state index contributed by atoms with van der Waals surface area (Å²) in [5, 5.41) is 13.1. The molecule has 0 bridgehead atoms. The molecule has 0 amide bonds. The van der Waals surface area contributed by atoms with Gasteiger partial charge in [0.1, 0.15) is 5.75 Å². The van der Waals surface area contributed by atoms with Crippen LogP contribution < -0.4 is 5.32 Å². The van der Waals surface area contributed by atoms with Crippen LogP contribution >= 0.6 is 0 Å². The maximum atomic E-state index is 9.31. The van der Waals surface area contributed by atoms with Gasteiger partial charge >= 0.3 is 0 Å². The third kappa shape index (κ3) is 3.98. The van der Waals surface area contributed by atoms with Gasteiger partial charge in [-0.15, -0.1) is 0 Å². The Morgan fingerprint density at radius 1 is 1.29 bits per heavy atom. The number of hydrogen-bond donors (Lipinski definition) is 2. The number of rotatable bonds is 6. The normalized spacial score (nSPS) is 27.9. The molecule has 1 aromatic carbocycles. The number of aryl methyl sites for hydroxylation is 1. The van der Waals surface area contributed by atoms with E-state index in [1.165, 1.54) is 31.4 Å². The van der Waals surface area contributed by atoms with Gasteiger partial charge in [0.2, 0.25) is 0 Å². The van der Waals surface area contributed by atoms with Crippen LogP contribution in [-0.4, -0.2) is 40.7 Å². The van der Waals surface area contributed by atoms with Crippen molar-refractivity contribution in [1.82, 2.24) is 10.2 Å². The SMILES string of the molecule is CC(CCc1ccc(O)cc1)NC1CC(C)N(C2CC2)C1. The Morgan fingerprint density at radius 3 is 2.67 bits per heavy atom. The predicted molar refractivity (Wildman–Crippen MR) is 86.6 cm³/mol. The van der Waals surface area contributed by atoms with Gasteiger partial charge in [-0.2, -0.15) is 0 Å². The maximum Gasteiger partial charge on any atom is 0.115 e. The number of aromatic hydroxyl groups is 1. The smallest absolute Gasteiger partial charge is 0.115 e. The lowest BCUT2D eigenvalue weighted by Crippen LogP contribution is -2.39. The molecule has 1 heterocycles. The zero-order chi connectivity index (χ0) is 14.8. The van der Waals surface area contributed by atoms with Gasteiger partial charge in [-0.3, -0.25) is 4.90 Å². The van der Waals surface area contributed by atoms with Crippen molar-refractivity contribution in [3.05, 3.63) is 29.8 Å². The van der Waals surface area contributed by atoms with E-state index in [9.17, 15) is 5.11 Å². The van der Waals surface area contributed by atoms with Crippen LogP contribution in [0.3, 0.4) is 0 Å². The van der Waals surface area contributed by atoms with Gasteiger partial charge in [0.25, 0.3) is 0 Å². The first-order valence-corrected chi connectivity index (χ1v) is 8.41. The molecule has 1 aromatic rings. The molecular formula is C18H28N2O.